The van der Waals surface area contributed by atoms with Crippen molar-refractivity contribution in [3.63, 3.8) is 0 Å². The third kappa shape index (κ3) is 6.37. The normalized spacial score (nSPS) is 13.8. The van der Waals surface area contributed by atoms with Crippen molar-refractivity contribution >= 4 is 65.4 Å². The van der Waals surface area contributed by atoms with E-state index in [4.69, 9.17) is 15.0 Å². The van der Waals surface area contributed by atoms with E-state index >= 15 is 0 Å². The van der Waals surface area contributed by atoms with E-state index in [2.05, 4.69) is 214 Å². The molecule has 0 bridgehead atoms. The number of para-hydroxylation sites is 2. The predicted octanol–water partition coefficient (Wildman–Crippen LogP) is 15.8. The van der Waals surface area contributed by atoms with Gasteiger partial charge in [-0.25, -0.2) is 4.98 Å². The summed E-state index contributed by atoms with van der Waals surface area (Å²) in [6, 6.07) is 76.2. The maximum atomic E-state index is 5.29. The van der Waals surface area contributed by atoms with Crippen molar-refractivity contribution in [3.05, 3.63) is 242 Å². The van der Waals surface area contributed by atoms with Crippen molar-refractivity contribution in [2.75, 3.05) is 0 Å². The van der Waals surface area contributed by atoms with E-state index in [-0.39, 0.29) is 0 Å². The van der Waals surface area contributed by atoms with E-state index in [9.17, 15) is 0 Å². The van der Waals surface area contributed by atoms with Gasteiger partial charge in [0.05, 0.1) is 33.1 Å². The van der Waals surface area contributed by atoms with Gasteiger partial charge in [0.15, 0.2) is 11.6 Å². The number of nitrogens with zero attached hydrogens (tertiary/aromatic N) is 6. The lowest BCUT2D eigenvalue weighted by molar-refractivity contribution is 0.855. The standard InChI is InChI=1S/C63H42N6/c1-5-17-41(18-6-1)45-29-33-51-49-25-13-15-27-55(49)67(59(51)37-45)47-31-35-57-53(39-47)54-40-48(68-56-28-16-14-26-50(56)52-34-30-46(38-60(52)68)42-19-7-2-8-20-42)32-36-58(54)69(57)63-65-61(43-21-9-3-10-22-43)64-62(66-63)44-23-11-4-12-24-44/h1-19,21-40,42H,20H2. The topological polar surface area (TPSA) is 53.5 Å². The second kappa shape index (κ2) is 15.8. The van der Waals surface area contributed by atoms with E-state index in [1.165, 1.54) is 49.3 Å². The maximum absolute atomic E-state index is 5.29. The Hall–Kier alpha value is -9.13. The van der Waals surface area contributed by atoms with Crippen LogP contribution in [0.3, 0.4) is 0 Å². The molecule has 0 N–H and O–H groups in total. The third-order valence-electron chi connectivity index (χ3n) is 14.0. The SMILES string of the molecule is C1=CCC(c2ccc3c4ccccc4n(-c4ccc5c(c4)c4cc(-n6c7ccccc7c7ccc(-c8ccccc8)cc76)ccc4n5-c4nc(-c5ccccc5)nc(-c5ccccc5)n4)c3c2)C=C1. The fourth-order valence-electron chi connectivity index (χ4n) is 10.8. The molecule has 0 amide bonds. The second-order valence-corrected chi connectivity index (χ2v) is 18.0. The lowest BCUT2D eigenvalue weighted by Gasteiger charge is -2.15. The molecule has 6 nitrogen and oxygen atoms in total. The Morgan fingerprint density at radius 3 is 1.39 bits per heavy atom. The number of hydrogen-bond acceptors (Lipinski definition) is 3. The molecule has 6 heteroatoms. The molecule has 0 saturated carbocycles. The Balaban J connectivity index is 1.05. The minimum atomic E-state index is 0.330. The molecule has 0 aliphatic heterocycles. The molecule has 9 aromatic carbocycles. The van der Waals surface area contributed by atoms with Crippen LogP contribution in [0, 0.1) is 0 Å². The highest BCUT2D eigenvalue weighted by molar-refractivity contribution is 6.14. The van der Waals surface area contributed by atoms with E-state index in [1.54, 1.807) is 0 Å². The van der Waals surface area contributed by atoms with Crippen molar-refractivity contribution in [2.24, 2.45) is 0 Å². The van der Waals surface area contributed by atoms with Gasteiger partial charge in [-0.05, 0) is 83.8 Å². The molecule has 324 valence electrons. The lowest BCUT2D eigenvalue weighted by Crippen LogP contribution is -2.06. The van der Waals surface area contributed by atoms with Gasteiger partial charge in [-0.1, -0.05) is 176 Å². The van der Waals surface area contributed by atoms with Crippen molar-refractivity contribution in [3.8, 4) is 51.2 Å². The van der Waals surface area contributed by atoms with Crippen LogP contribution in [0.2, 0.25) is 0 Å². The smallest absolute Gasteiger partial charge is 0.238 e. The van der Waals surface area contributed by atoms with E-state index in [0.29, 0.717) is 23.5 Å². The summed E-state index contributed by atoms with van der Waals surface area (Å²) in [4.78, 5) is 15.7. The Bertz CT molecular complexity index is 4160. The van der Waals surface area contributed by atoms with Crippen LogP contribution in [-0.4, -0.2) is 28.7 Å². The number of rotatable bonds is 7. The summed E-state index contributed by atoms with van der Waals surface area (Å²) in [7, 11) is 0. The van der Waals surface area contributed by atoms with Crippen LogP contribution in [0.25, 0.3) is 117 Å². The van der Waals surface area contributed by atoms with Crippen LogP contribution in [-0.2, 0) is 0 Å². The molecule has 0 spiro atoms. The van der Waals surface area contributed by atoms with Gasteiger partial charge in [-0.15, -0.1) is 0 Å². The van der Waals surface area contributed by atoms with Crippen molar-refractivity contribution in [1.82, 2.24) is 28.7 Å². The van der Waals surface area contributed by atoms with Gasteiger partial charge < -0.3 is 9.13 Å². The Morgan fingerprint density at radius 2 is 0.826 bits per heavy atom. The largest absolute Gasteiger partial charge is 0.309 e. The molecule has 1 unspecified atom stereocenters. The molecule has 0 fully saturated rings. The summed E-state index contributed by atoms with van der Waals surface area (Å²) < 4.78 is 7.10. The molecule has 69 heavy (non-hydrogen) atoms. The summed E-state index contributed by atoms with van der Waals surface area (Å²) in [5.41, 5.74) is 14.4. The zero-order valence-corrected chi connectivity index (χ0v) is 37.5. The number of fused-ring (bicyclic) bond motifs is 9. The van der Waals surface area contributed by atoms with Gasteiger partial charge in [0.1, 0.15) is 0 Å². The maximum Gasteiger partial charge on any atom is 0.238 e. The van der Waals surface area contributed by atoms with Crippen LogP contribution in [0.1, 0.15) is 17.9 Å². The second-order valence-electron chi connectivity index (χ2n) is 18.0. The predicted molar refractivity (Wildman–Crippen MR) is 285 cm³/mol. The van der Waals surface area contributed by atoms with Crippen LogP contribution >= 0.6 is 0 Å². The number of allylic oxidation sites excluding steroid dienone is 4. The van der Waals surface area contributed by atoms with Crippen LogP contribution < -0.4 is 0 Å². The zero-order valence-electron chi connectivity index (χ0n) is 37.5. The minimum Gasteiger partial charge on any atom is -0.309 e. The average Bonchev–Trinajstić information content (AvgIpc) is 4.06. The summed E-state index contributed by atoms with van der Waals surface area (Å²) in [5.74, 6) is 2.12. The van der Waals surface area contributed by atoms with Crippen LogP contribution in [0.4, 0.5) is 0 Å². The fourth-order valence-corrected chi connectivity index (χ4v) is 10.8. The minimum absolute atomic E-state index is 0.330. The Labute approximate surface area is 398 Å². The molecular weight excluding hydrogens is 841 g/mol. The lowest BCUT2D eigenvalue weighted by atomic mass is 9.92. The first-order valence-electron chi connectivity index (χ1n) is 23.6. The summed E-state index contributed by atoms with van der Waals surface area (Å²) in [6.07, 6.45) is 9.90. The van der Waals surface area contributed by atoms with Gasteiger partial charge >= 0.3 is 0 Å². The van der Waals surface area contributed by atoms with Crippen molar-refractivity contribution in [1.29, 1.82) is 0 Å². The molecule has 14 rings (SSSR count). The first-order chi connectivity index (χ1) is 34.2. The molecule has 4 heterocycles. The Morgan fingerprint density at radius 1 is 0.333 bits per heavy atom. The number of benzene rings is 9. The van der Waals surface area contributed by atoms with Gasteiger partial charge in [-0.3, -0.25) is 4.57 Å². The van der Waals surface area contributed by atoms with Gasteiger partial charge in [-0.2, -0.15) is 9.97 Å². The monoisotopic (exact) mass is 882 g/mol. The molecule has 0 radical (unpaired) electrons. The average molecular weight is 883 g/mol. The highest BCUT2D eigenvalue weighted by Crippen LogP contribution is 2.41. The molecule has 1 aliphatic rings. The molecule has 4 aromatic heterocycles. The molecule has 0 saturated heterocycles. The highest BCUT2D eigenvalue weighted by Gasteiger charge is 2.22. The third-order valence-corrected chi connectivity index (χ3v) is 14.0. The molecule has 1 aliphatic carbocycles. The zero-order chi connectivity index (χ0) is 45.4. The quantitative estimate of drug-likeness (QED) is 0.160. The van der Waals surface area contributed by atoms with Crippen molar-refractivity contribution in [2.45, 2.75) is 12.3 Å². The van der Waals surface area contributed by atoms with E-state index < -0.39 is 0 Å². The Kier molecular flexibility index (Phi) is 8.92. The summed E-state index contributed by atoms with van der Waals surface area (Å²) in [5, 5.41) is 7.10. The summed E-state index contributed by atoms with van der Waals surface area (Å²) >= 11 is 0. The fraction of sp³-hybridized carbons (Fsp3) is 0.0317. The van der Waals surface area contributed by atoms with Gasteiger partial charge in [0.25, 0.3) is 0 Å². The number of aromatic nitrogens is 6. The van der Waals surface area contributed by atoms with Gasteiger partial charge in [0.2, 0.25) is 5.95 Å². The first kappa shape index (κ1) is 39.1. The molecule has 13 aromatic rings. The van der Waals surface area contributed by atoms with Gasteiger partial charge in [0, 0.05) is 60.7 Å². The molecule has 1 atom stereocenters. The van der Waals surface area contributed by atoms with Crippen molar-refractivity contribution < 1.29 is 0 Å². The van der Waals surface area contributed by atoms with Crippen LogP contribution in [0.15, 0.2) is 237 Å². The van der Waals surface area contributed by atoms with E-state index in [1.807, 2.05) is 36.4 Å². The number of hydrogen-bond donors (Lipinski definition) is 0. The highest BCUT2D eigenvalue weighted by atomic mass is 15.2. The molecular formula is C63H42N6. The van der Waals surface area contributed by atoms with E-state index in [0.717, 1.165) is 61.8 Å². The summed E-state index contributed by atoms with van der Waals surface area (Å²) in [6.45, 7) is 0. The first-order valence-corrected chi connectivity index (χ1v) is 23.6. The van der Waals surface area contributed by atoms with Crippen LogP contribution in [0.5, 0.6) is 0 Å².